The molecule has 1 rings (SSSR count). The molecular weight excluding hydrogens is 230 g/mol. The van der Waals surface area contributed by atoms with Crippen LogP contribution < -0.4 is 5.73 Å². The summed E-state index contributed by atoms with van der Waals surface area (Å²) < 4.78 is 6.17. The number of aromatic nitrogens is 4. The molecule has 90 valence electrons. The molecule has 0 aromatic carbocycles. The second kappa shape index (κ2) is 5.26. The van der Waals surface area contributed by atoms with Crippen molar-refractivity contribution in [1.29, 1.82) is 0 Å². The lowest BCUT2D eigenvalue weighted by Gasteiger charge is -2.20. The van der Waals surface area contributed by atoms with Crippen LogP contribution in [-0.4, -0.2) is 44.6 Å². The first-order valence-corrected chi connectivity index (χ1v) is 5.68. The summed E-state index contributed by atoms with van der Waals surface area (Å²) in [5.74, 6) is 0.236. The first-order valence-electron chi connectivity index (χ1n) is 4.70. The number of hydrogen-bond donors (Lipinski definition) is 1. The second-order valence-corrected chi connectivity index (χ2v) is 4.65. The molecule has 0 radical (unpaired) electrons. The summed E-state index contributed by atoms with van der Waals surface area (Å²) in [6, 6.07) is 0. The Labute approximate surface area is 97.7 Å². The van der Waals surface area contributed by atoms with Crippen molar-refractivity contribution >= 4 is 17.7 Å². The minimum atomic E-state index is -0.965. The van der Waals surface area contributed by atoms with E-state index in [0.29, 0.717) is 17.3 Å². The molecule has 16 heavy (non-hydrogen) atoms. The van der Waals surface area contributed by atoms with E-state index in [1.165, 1.54) is 18.9 Å². The first kappa shape index (κ1) is 12.9. The summed E-state index contributed by atoms with van der Waals surface area (Å²) in [4.78, 5) is 11.3. The van der Waals surface area contributed by atoms with Gasteiger partial charge >= 0.3 is 5.97 Å². The number of aryl methyl sites for hydroxylation is 1. The fraction of sp³-hybridized carbons (Fsp3) is 0.750. The van der Waals surface area contributed by atoms with Gasteiger partial charge < -0.3 is 10.5 Å². The van der Waals surface area contributed by atoms with Crippen LogP contribution in [0.3, 0.4) is 0 Å². The number of tetrazole rings is 1. The van der Waals surface area contributed by atoms with E-state index in [2.05, 4.69) is 20.3 Å². The molecule has 0 aliphatic carbocycles. The summed E-state index contributed by atoms with van der Waals surface area (Å²) in [7, 11) is 3.08. The Morgan fingerprint density at radius 1 is 1.69 bits per heavy atom. The molecule has 0 spiro atoms. The molecule has 7 nitrogen and oxygen atoms in total. The summed E-state index contributed by atoms with van der Waals surface area (Å²) in [5.41, 5.74) is 4.84. The Morgan fingerprint density at radius 3 is 2.88 bits per heavy atom. The van der Waals surface area contributed by atoms with Gasteiger partial charge in [-0.25, -0.2) is 4.68 Å². The highest BCUT2D eigenvalue weighted by molar-refractivity contribution is 7.99. The Kier molecular flexibility index (Phi) is 4.25. The maximum absolute atomic E-state index is 11.3. The number of nitrogens with two attached hydrogens (primary N) is 1. The van der Waals surface area contributed by atoms with Crippen LogP contribution in [0.2, 0.25) is 0 Å². The number of ether oxygens (including phenoxy) is 1. The van der Waals surface area contributed by atoms with E-state index in [0.717, 1.165) is 0 Å². The smallest absolute Gasteiger partial charge is 0.325 e. The van der Waals surface area contributed by atoms with E-state index in [4.69, 9.17) is 5.73 Å². The van der Waals surface area contributed by atoms with Crippen molar-refractivity contribution in [1.82, 2.24) is 20.2 Å². The van der Waals surface area contributed by atoms with Gasteiger partial charge in [0.1, 0.15) is 5.54 Å². The minimum absolute atomic E-state index is 0.413. The quantitative estimate of drug-likeness (QED) is 0.556. The maximum atomic E-state index is 11.3. The standard InChI is InChI=1S/C8H15N5O2S/c1-8(9,6(14)15-3)4-5-16-7-10-11-12-13(7)2/h4-5,9H2,1-3H3. The van der Waals surface area contributed by atoms with Crippen LogP contribution in [-0.2, 0) is 16.6 Å². The lowest BCUT2D eigenvalue weighted by Crippen LogP contribution is -2.46. The predicted molar refractivity (Wildman–Crippen MR) is 58.7 cm³/mol. The van der Waals surface area contributed by atoms with Gasteiger partial charge in [-0.2, -0.15) is 0 Å². The van der Waals surface area contributed by atoms with Crippen LogP contribution in [0.4, 0.5) is 0 Å². The Balaban J connectivity index is 2.41. The third kappa shape index (κ3) is 3.17. The number of hydrogen-bond acceptors (Lipinski definition) is 7. The van der Waals surface area contributed by atoms with Gasteiger partial charge in [-0.3, -0.25) is 4.79 Å². The Morgan fingerprint density at radius 2 is 2.38 bits per heavy atom. The highest BCUT2D eigenvalue weighted by atomic mass is 32.2. The van der Waals surface area contributed by atoms with E-state index in [9.17, 15) is 4.79 Å². The number of thioether (sulfide) groups is 1. The van der Waals surface area contributed by atoms with Crippen molar-refractivity contribution in [2.45, 2.75) is 24.0 Å². The lowest BCUT2D eigenvalue weighted by molar-refractivity contribution is -0.146. The normalized spacial score (nSPS) is 14.5. The number of methoxy groups -OCH3 is 1. The lowest BCUT2D eigenvalue weighted by atomic mass is 10.0. The van der Waals surface area contributed by atoms with Crippen LogP contribution in [0.5, 0.6) is 0 Å². The molecule has 0 fully saturated rings. The number of rotatable bonds is 5. The van der Waals surface area contributed by atoms with Gasteiger partial charge in [0.25, 0.3) is 0 Å². The largest absolute Gasteiger partial charge is 0.468 e. The second-order valence-electron chi connectivity index (χ2n) is 3.59. The van der Waals surface area contributed by atoms with Gasteiger partial charge in [0, 0.05) is 12.8 Å². The molecule has 2 N–H and O–H groups in total. The highest BCUT2D eigenvalue weighted by Gasteiger charge is 2.29. The van der Waals surface area contributed by atoms with Crippen LogP contribution >= 0.6 is 11.8 Å². The zero-order valence-electron chi connectivity index (χ0n) is 9.51. The fourth-order valence-electron chi connectivity index (χ4n) is 1.03. The summed E-state index contributed by atoms with van der Waals surface area (Å²) >= 11 is 1.45. The van der Waals surface area contributed by atoms with E-state index in [-0.39, 0.29) is 0 Å². The van der Waals surface area contributed by atoms with Crippen molar-refractivity contribution < 1.29 is 9.53 Å². The minimum Gasteiger partial charge on any atom is -0.468 e. The van der Waals surface area contributed by atoms with Crippen molar-refractivity contribution in [3.8, 4) is 0 Å². The SMILES string of the molecule is COC(=O)C(C)(N)CCSc1nnnn1C. The van der Waals surface area contributed by atoms with Crippen LogP contribution in [0.25, 0.3) is 0 Å². The summed E-state index contributed by atoms with van der Waals surface area (Å²) in [6.45, 7) is 1.65. The van der Waals surface area contributed by atoms with E-state index in [1.54, 1.807) is 18.7 Å². The predicted octanol–water partition coefficient (Wildman–Crippen LogP) is -0.417. The summed E-state index contributed by atoms with van der Waals surface area (Å²) in [6.07, 6.45) is 0.497. The molecule has 0 amide bonds. The van der Waals surface area contributed by atoms with Crippen molar-refractivity contribution in [3.63, 3.8) is 0 Å². The molecule has 0 aliphatic heterocycles. The number of esters is 1. The third-order valence-electron chi connectivity index (χ3n) is 2.09. The molecule has 1 atom stereocenters. The van der Waals surface area contributed by atoms with E-state index >= 15 is 0 Å². The van der Waals surface area contributed by atoms with Gasteiger partial charge in [0.15, 0.2) is 0 Å². The van der Waals surface area contributed by atoms with Gasteiger partial charge in [-0.05, 0) is 23.8 Å². The molecule has 0 saturated heterocycles. The van der Waals surface area contributed by atoms with Crippen LogP contribution in [0.15, 0.2) is 5.16 Å². The molecular formula is C8H15N5O2S. The topological polar surface area (TPSA) is 95.9 Å². The Hall–Kier alpha value is -1.15. The van der Waals surface area contributed by atoms with Crippen molar-refractivity contribution in [2.24, 2.45) is 12.8 Å². The average Bonchev–Trinajstić information content (AvgIpc) is 2.63. The average molecular weight is 245 g/mol. The van der Waals surface area contributed by atoms with Crippen LogP contribution in [0, 0.1) is 0 Å². The molecule has 1 unspecified atom stereocenters. The zero-order valence-corrected chi connectivity index (χ0v) is 10.3. The molecule has 1 aromatic heterocycles. The summed E-state index contributed by atoms with van der Waals surface area (Å²) in [5, 5.41) is 11.7. The highest BCUT2D eigenvalue weighted by Crippen LogP contribution is 2.18. The molecule has 8 heteroatoms. The van der Waals surface area contributed by atoms with E-state index in [1.807, 2.05) is 0 Å². The van der Waals surface area contributed by atoms with Gasteiger partial charge in [-0.1, -0.05) is 11.8 Å². The van der Waals surface area contributed by atoms with Crippen LogP contribution in [0.1, 0.15) is 13.3 Å². The first-order chi connectivity index (χ1) is 7.47. The Bertz CT molecular complexity index is 365. The molecule has 0 bridgehead atoms. The number of nitrogens with zero attached hydrogens (tertiary/aromatic N) is 4. The number of carbonyl (C=O) groups is 1. The van der Waals surface area contributed by atoms with Gasteiger partial charge in [0.05, 0.1) is 7.11 Å². The van der Waals surface area contributed by atoms with Crippen molar-refractivity contribution in [3.05, 3.63) is 0 Å². The molecule has 1 aromatic rings. The number of carbonyl (C=O) groups excluding carboxylic acids is 1. The third-order valence-corrected chi connectivity index (χ3v) is 3.10. The molecule has 0 aliphatic rings. The van der Waals surface area contributed by atoms with Crippen molar-refractivity contribution in [2.75, 3.05) is 12.9 Å². The zero-order chi connectivity index (χ0) is 12.2. The van der Waals surface area contributed by atoms with Gasteiger partial charge in [0.2, 0.25) is 5.16 Å². The monoisotopic (exact) mass is 245 g/mol. The maximum Gasteiger partial charge on any atom is 0.325 e. The molecule has 1 heterocycles. The van der Waals surface area contributed by atoms with Gasteiger partial charge in [-0.15, -0.1) is 5.10 Å². The fourth-order valence-corrected chi connectivity index (χ4v) is 2.06. The van der Waals surface area contributed by atoms with E-state index < -0.39 is 11.5 Å². The molecule has 0 saturated carbocycles.